The van der Waals surface area contributed by atoms with Gasteiger partial charge < -0.3 is 9.67 Å². The molecule has 3 rings (SSSR count). The van der Waals surface area contributed by atoms with Crippen LogP contribution in [-0.4, -0.2) is 21.3 Å². The van der Waals surface area contributed by atoms with Crippen molar-refractivity contribution in [3.8, 4) is 0 Å². The van der Waals surface area contributed by atoms with Gasteiger partial charge in [-0.2, -0.15) is 0 Å². The molecular weight excluding hydrogens is 391 g/mol. The van der Waals surface area contributed by atoms with E-state index >= 15 is 0 Å². The summed E-state index contributed by atoms with van der Waals surface area (Å²) < 4.78 is 16.2. The third-order valence-corrected chi connectivity index (χ3v) is 5.41. The van der Waals surface area contributed by atoms with E-state index in [-0.39, 0.29) is 17.3 Å². The highest BCUT2D eigenvalue weighted by molar-refractivity contribution is 9.10. The number of hydrogen-bond donors (Lipinski definition) is 1. The number of aryl methyl sites for hydroxylation is 1. The molecule has 0 aliphatic heterocycles. The van der Waals surface area contributed by atoms with Gasteiger partial charge in [-0.05, 0) is 74.2 Å². The molecule has 0 unspecified atom stereocenters. The molecule has 1 N–H and O–H groups in total. The molecule has 0 spiro atoms. The first-order chi connectivity index (χ1) is 11.5. The average molecular weight is 411 g/mol. The van der Waals surface area contributed by atoms with Gasteiger partial charge in [-0.3, -0.25) is 9.69 Å². The second-order valence-electron chi connectivity index (χ2n) is 7.46. The quantitative estimate of drug-likeness (QED) is 0.770. The number of anilines is 1. The van der Waals surface area contributed by atoms with E-state index in [4.69, 9.17) is 0 Å². The molecule has 1 saturated carbocycles. The van der Waals surface area contributed by atoms with Crippen molar-refractivity contribution in [3.63, 3.8) is 0 Å². The summed E-state index contributed by atoms with van der Waals surface area (Å²) in [6, 6.07) is 2.86. The van der Waals surface area contributed by atoms with E-state index in [0.717, 1.165) is 17.7 Å². The molecule has 25 heavy (non-hydrogen) atoms. The number of benzene rings is 1. The molecule has 1 heterocycles. The SMILES string of the molecule is Cc1c(Br)c(F)cc2cc(N(C(=O)O)C(C)(C)C)c(=O)n(C3CC3)c12. The Morgan fingerprint density at radius 1 is 1.36 bits per heavy atom. The first kappa shape index (κ1) is 17.9. The van der Waals surface area contributed by atoms with Crippen LogP contribution in [-0.2, 0) is 0 Å². The van der Waals surface area contributed by atoms with Crippen molar-refractivity contribution in [2.24, 2.45) is 0 Å². The maximum atomic E-state index is 14.2. The highest BCUT2D eigenvalue weighted by Crippen LogP contribution is 2.39. The topological polar surface area (TPSA) is 62.5 Å². The number of fused-ring (bicyclic) bond motifs is 1. The lowest BCUT2D eigenvalue weighted by Crippen LogP contribution is -2.48. The number of rotatable bonds is 2. The lowest BCUT2D eigenvalue weighted by atomic mass is 10.0. The summed E-state index contributed by atoms with van der Waals surface area (Å²) in [5.74, 6) is -0.436. The number of carboxylic acid groups (broad SMARTS) is 1. The Morgan fingerprint density at radius 3 is 2.44 bits per heavy atom. The van der Waals surface area contributed by atoms with Crippen LogP contribution in [0.15, 0.2) is 21.4 Å². The summed E-state index contributed by atoms with van der Waals surface area (Å²) in [6.45, 7) is 6.92. The van der Waals surface area contributed by atoms with E-state index < -0.39 is 17.4 Å². The summed E-state index contributed by atoms with van der Waals surface area (Å²) >= 11 is 3.24. The molecule has 1 aromatic carbocycles. The maximum absolute atomic E-state index is 14.2. The van der Waals surface area contributed by atoms with Gasteiger partial charge >= 0.3 is 6.09 Å². The molecule has 1 aliphatic rings. The highest BCUT2D eigenvalue weighted by atomic mass is 79.9. The standard InChI is InChI=1S/C18H20BrFN2O3/c1-9-14(19)12(20)7-10-8-13(22(17(24)25)18(2,3)4)16(23)21(15(9)10)11-5-6-11/h7-8,11H,5-6H2,1-4H3,(H,24,25). The monoisotopic (exact) mass is 410 g/mol. The first-order valence-electron chi connectivity index (χ1n) is 8.11. The van der Waals surface area contributed by atoms with Crippen molar-refractivity contribution >= 4 is 38.6 Å². The van der Waals surface area contributed by atoms with Gasteiger partial charge in [0.1, 0.15) is 11.5 Å². The van der Waals surface area contributed by atoms with E-state index in [1.54, 1.807) is 32.3 Å². The fraction of sp³-hybridized carbons (Fsp3) is 0.444. The molecular formula is C18H20BrFN2O3. The van der Waals surface area contributed by atoms with Crippen LogP contribution in [0.4, 0.5) is 14.9 Å². The van der Waals surface area contributed by atoms with Crippen molar-refractivity contribution < 1.29 is 14.3 Å². The van der Waals surface area contributed by atoms with Gasteiger partial charge in [0, 0.05) is 17.0 Å². The van der Waals surface area contributed by atoms with Crippen LogP contribution in [0.5, 0.6) is 0 Å². The Bertz CT molecular complexity index is 942. The number of halogens is 2. The van der Waals surface area contributed by atoms with E-state index in [0.29, 0.717) is 20.9 Å². The molecule has 0 atom stereocenters. The molecule has 7 heteroatoms. The van der Waals surface area contributed by atoms with E-state index in [9.17, 15) is 19.1 Å². The third-order valence-electron chi connectivity index (χ3n) is 4.44. The summed E-state index contributed by atoms with van der Waals surface area (Å²) in [7, 11) is 0. The molecule has 1 aliphatic carbocycles. The molecule has 0 radical (unpaired) electrons. The largest absolute Gasteiger partial charge is 0.465 e. The third kappa shape index (κ3) is 2.94. The summed E-state index contributed by atoms with van der Waals surface area (Å²) in [5.41, 5.74) is 0.199. The Balaban J connectivity index is 2.43. The lowest BCUT2D eigenvalue weighted by molar-refractivity contribution is 0.195. The van der Waals surface area contributed by atoms with Gasteiger partial charge in [0.05, 0.1) is 9.99 Å². The van der Waals surface area contributed by atoms with E-state index in [1.807, 2.05) is 0 Å². The molecule has 0 bridgehead atoms. The smallest absolute Gasteiger partial charge is 0.412 e. The van der Waals surface area contributed by atoms with Crippen molar-refractivity contribution in [1.29, 1.82) is 0 Å². The first-order valence-corrected chi connectivity index (χ1v) is 8.90. The van der Waals surface area contributed by atoms with Crippen molar-refractivity contribution in [2.45, 2.75) is 52.1 Å². The molecule has 0 saturated heterocycles. The fourth-order valence-corrected chi connectivity index (χ4v) is 3.53. The number of aromatic nitrogens is 1. The van der Waals surface area contributed by atoms with E-state index in [2.05, 4.69) is 15.9 Å². The fourth-order valence-electron chi connectivity index (χ4n) is 3.22. The lowest BCUT2D eigenvalue weighted by Gasteiger charge is -2.33. The Morgan fingerprint density at radius 2 is 1.96 bits per heavy atom. The minimum Gasteiger partial charge on any atom is -0.465 e. The second-order valence-corrected chi connectivity index (χ2v) is 8.25. The number of amides is 1. The van der Waals surface area contributed by atoms with Crippen LogP contribution in [0.2, 0.25) is 0 Å². The zero-order valence-corrected chi connectivity index (χ0v) is 16.1. The maximum Gasteiger partial charge on any atom is 0.412 e. The molecule has 1 aromatic heterocycles. The average Bonchev–Trinajstić information content (AvgIpc) is 3.29. The van der Waals surface area contributed by atoms with E-state index in [1.165, 1.54) is 12.1 Å². The van der Waals surface area contributed by atoms with Gasteiger partial charge in [-0.15, -0.1) is 0 Å². The molecule has 1 fully saturated rings. The van der Waals surface area contributed by atoms with Gasteiger partial charge in [-0.1, -0.05) is 0 Å². The van der Waals surface area contributed by atoms with Gasteiger partial charge in [0.15, 0.2) is 0 Å². The van der Waals surface area contributed by atoms with Gasteiger partial charge in [-0.25, -0.2) is 9.18 Å². The van der Waals surface area contributed by atoms with Crippen LogP contribution in [0.3, 0.4) is 0 Å². The van der Waals surface area contributed by atoms with Gasteiger partial charge in [0.25, 0.3) is 5.56 Å². The number of nitrogens with zero attached hydrogens (tertiary/aromatic N) is 2. The zero-order valence-electron chi connectivity index (χ0n) is 14.6. The number of hydrogen-bond acceptors (Lipinski definition) is 2. The Kier molecular flexibility index (Phi) is 4.18. The molecule has 1 amide bonds. The summed E-state index contributed by atoms with van der Waals surface area (Å²) in [6.07, 6.45) is 0.505. The van der Waals surface area contributed by atoms with Crippen LogP contribution < -0.4 is 10.5 Å². The minimum atomic E-state index is -1.21. The molecule has 2 aromatic rings. The van der Waals surface area contributed by atoms with Crippen LogP contribution >= 0.6 is 15.9 Å². The van der Waals surface area contributed by atoms with Crippen molar-refractivity contribution in [2.75, 3.05) is 4.90 Å². The normalized spacial score (nSPS) is 14.8. The highest BCUT2D eigenvalue weighted by Gasteiger charge is 2.34. The predicted molar refractivity (Wildman–Crippen MR) is 99.1 cm³/mol. The summed E-state index contributed by atoms with van der Waals surface area (Å²) in [5, 5.41) is 10.2. The second kappa shape index (κ2) is 5.83. The molecule has 5 nitrogen and oxygen atoms in total. The van der Waals surface area contributed by atoms with Gasteiger partial charge in [0.2, 0.25) is 0 Å². The number of carbonyl (C=O) groups is 1. The minimum absolute atomic E-state index is 0.0293. The Labute approximate surface area is 153 Å². The summed E-state index contributed by atoms with van der Waals surface area (Å²) in [4.78, 5) is 26.0. The van der Waals surface area contributed by atoms with Crippen LogP contribution in [0, 0.1) is 12.7 Å². The van der Waals surface area contributed by atoms with Crippen LogP contribution in [0.25, 0.3) is 10.9 Å². The number of pyridine rings is 1. The predicted octanol–water partition coefficient (Wildman–Crippen LogP) is 4.83. The van der Waals surface area contributed by atoms with Crippen molar-refractivity contribution in [3.05, 3.63) is 38.3 Å². The molecule has 134 valence electrons. The Hall–Kier alpha value is -1.89. The van der Waals surface area contributed by atoms with Crippen LogP contribution in [0.1, 0.15) is 45.2 Å². The zero-order chi connectivity index (χ0) is 18.7. The van der Waals surface area contributed by atoms with Crippen molar-refractivity contribution in [1.82, 2.24) is 4.57 Å².